The van der Waals surface area contributed by atoms with Gasteiger partial charge in [0.25, 0.3) is 0 Å². The lowest BCUT2D eigenvalue weighted by Crippen LogP contribution is -2.50. The van der Waals surface area contributed by atoms with Crippen molar-refractivity contribution in [3.63, 3.8) is 0 Å². The molecule has 1 fully saturated rings. The van der Waals surface area contributed by atoms with E-state index in [-0.39, 0.29) is 5.91 Å². The monoisotopic (exact) mass is 242 g/mol. The van der Waals surface area contributed by atoms with Crippen LogP contribution in [0.5, 0.6) is 0 Å². The number of aliphatic carboxylic acids is 1. The zero-order chi connectivity index (χ0) is 13.1. The number of carboxylic acid groups (broad SMARTS) is 1. The Hall–Kier alpha value is -1.10. The summed E-state index contributed by atoms with van der Waals surface area (Å²) in [4.78, 5) is 26.5. The van der Waals surface area contributed by atoms with Crippen molar-refractivity contribution in [3.8, 4) is 0 Å². The van der Waals surface area contributed by atoms with Gasteiger partial charge in [-0.25, -0.2) is 0 Å². The summed E-state index contributed by atoms with van der Waals surface area (Å²) >= 11 is 0. The lowest BCUT2D eigenvalue weighted by atomic mass is 9.77. The van der Waals surface area contributed by atoms with Crippen molar-refractivity contribution in [1.29, 1.82) is 0 Å². The number of likely N-dealkylation sites (tertiary alicyclic amines) is 1. The van der Waals surface area contributed by atoms with Gasteiger partial charge >= 0.3 is 5.97 Å². The number of rotatable bonds is 4. The van der Waals surface area contributed by atoms with Crippen LogP contribution >= 0.6 is 0 Å². The molecule has 1 unspecified atom stereocenters. The van der Waals surface area contributed by atoms with Gasteiger partial charge in [-0.1, -0.05) is 6.92 Å². The summed E-state index contributed by atoms with van der Waals surface area (Å²) in [6, 6.07) is 0. The van der Waals surface area contributed by atoms with E-state index in [1.165, 1.54) is 0 Å². The Kier molecular flexibility index (Phi) is 4.51. The minimum atomic E-state index is -0.734. The number of carbonyl (C=O) groups excluding carboxylic acids is 1. The molecule has 1 atom stereocenters. The lowest BCUT2D eigenvalue weighted by molar-refractivity contribution is -0.154. The van der Waals surface area contributed by atoms with Crippen molar-refractivity contribution in [2.24, 2.45) is 5.41 Å². The molecular weight excluding hydrogens is 220 g/mol. The van der Waals surface area contributed by atoms with Gasteiger partial charge in [0.05, 0.1) is 12.0 Å². The SMILES string of the molecule is CCC1(C(=O)O)CCCN(CC(=O)N(C)C)C1. The number of carbonyl (C=O) groups is 2. The highest BCUT2D eigenvalue weighted by Crippen LogP contribution is 2.33. The first-order chi connectivity index (χ1) is 7.91. The third-order valence-corrected chi connectivity index (χ3v) is 3.64. The van der Waals surface area contributed by atoms with E-state index in [4.69, 9.17) is 0 Å². The minimum absolute atomic E-state index is 0.0299. The second-order valence-corrected chi connectivity index (χ2v) is 5.04. The van der Waals surface area contributed by atoms with Crippen molar-refractivity contribution in [2.45, 2.75) is 26.2 Å². The van der Waals surface area contributed by atoms with E-state index in [2.05, 4.69) is 0 Å². The van der Waals surface area contributed by atoms with E-state index >= 15 is 0 Å². The summed E-state index contributed by atoms with van der Waals surface area (Å²) in [5.41, 5.74) is -0.662. The molecule has 1 aliphatic rings. The quantitative estimate of drug-likeness (QED) is 0.786. The third-order valence-electron chi connectivity index (χ3n) is 3.64. The maximum atomic E-state index is 11.6. The van der Waals surface area contributed by atoms with Crippen LogP contribution in [0.2, 0.25) is 0 Å². The van der Waals surface area contributed by atoms with Crippen LogP contribution in [-0.4, -0.2) is 60.5 Å². The Morgan fingerprint density at radius 2 is 2.06 bits per heavy atom. The number of nitrogens with zero attached hydrogens (tertiary/aromatic N) is 2. The topological polar surface area (TPSA) is 60.9 Å². The number of piperidine rings is 1. The van der Waals surface area contributed by atoms with E-state index in [1.54, 1.807) is 19.0 Å². The van der Waals surface area contributed by atoms with Crippen molar-refractivity contribution in [3.05, 3.63) is 0 Å². The fourth-order valence-corrected chi connectivity index (χ4v) is 2.31. The molecule has 0 radical (unpaired) electrons. The highest BCUT2D eigenvalue weighted by Gasteiger charge is 2.41. The predicted molar refractivity (Wildman–Crippen MR) is 64.7 cm³/mol. The normalized spacial score (nSPS) is 25.6. The molecule has 1 saturated heterocycles. The first kappa shape index (κ1) is 14.0. The van der Waals surface area contributed by atoms with Crippen LogP contribution in [-0.2, 0) is 9.59 Å². The van der Waals surface area contributed by atoms with Crippen molar-refractivity contribution >= 4 is 11.9 Å². The zero-order valence-corrected chi connectivity index (χ0v) is 10.9. The Morgan fingerprint density at radius 1 is 1.41 bits per heavy atom. The third kappa shape index (κ3) is 3.19. The van der Waals surface area contributed by atoms with Gasteiger partial charge in [-0.2, -0.15) is 0 Å². The van der Waals surface area contributed by atoms with Crippen LogP contribution in [0.25, 0.3) is 0 Å². The second-order valence-electron chi connectivity index (χ2n) is 5.04. The summed E-state index contributed by atoms with van der Waals surface area (Å²) in [6.45, 7) is 3.53. The fraction of sp³-hybridized carbons (Fsp3) is 0.833. The van der Waals surface area contributed by atoms with Gasteiger partial charge < -0.3 is 10.0 Å². The second kappa shape index (κ2) is 5.49. The smallest absolute Gasteiger partial charge is 0.310 e. The Labute approximate surface area is 102 Å². The lowest BCUT2D eigenvalue weighted by Gasteiger charge is -2.39. The van der Waals surface area contributed by atoms with Gasteiger partial charge in [0.15, 0.2) is 0 Å². The van der Waals surface area contributed by atoms with Gasteiger partial charge in [0, 0.05) is 20.6 Å². The standard InChI is InChI=1S/C12H22N2O3/c1-4-12(11(16)17)6-5-7-14(9-12)8-10(15)13(2)3/h4-9H2,1-3H3,(H,16,17). The van der Waals surface area contributed by atoms with Crippen LogP contribution in [0.4, 0.5) is 0 Å². The maximum Gasteiger partial charge on any atom is 0.310 e. The number of hydrogen-bond acceptors (Lipinski definition) is 3. The molecule has 0 bridgehead atoms. The van der Waals surface area contributed by atoms with Crippen LogP contribution in [0.15, 0.2) is 0 Å². The summed E-state index contributed by atoms with van der Waals surface area (Å²) < 4.78 is 0. The van der Waals surface area contributed by atoms with Gasteiger partial charge in [-0.15, -0.1) is 0 Å². The zero-order valence-electron chi connectivity index (χ0n) is 10.9. The van der Waals surface area contributed by atoms with E-state index in [0.29, 0.717) is 25.9 Å². The Bertz CT molecular complexity index is 304. The van der Waals surface area contributed by atoms with Crippen LogP contribution in [0.3, 0.4) is 0 Å². The molecule has 0 saturated carbocycles. The van der Waals surface area contributed by atoms with Gasteiger partial charge in [-0.05, 0) is 25.8 Å². The van der Waals surface area contributed by atoms with Gasteiger partial charge in [-0.3, -0.25) is 14.5 Å². The van der Waals surface area contributed by atoms with Crippen LogP contribution in [0.1, 0.15) is 26.2 Å². The molecule has 5 heteroatoms. The van der Waals surface area contributed by atoms with Crippen LogP contribution in [0, 0.1) is 5.41 Å². The average molecular weight is 242 g/mol. The molecular formula is C12H22N2O3. The molecule has 1 aliphatic heterocycles. The molecule has 0 aliphatic carbocycles. The number of hydrogen-bond donors (Lipinski definition) is 1. The maximum absolute atomic E-state index is 11.6. The predicted octanol–water partition coefficient (Wildman–Crippen LogP) is 0.651. The molecule has 0 aromatic rings. The summed E-state index contributed by atoms with van der Waals surface area (Å²) in [6.07, 6.45) is 2.18. The molecule has 5 nitrogen and oxygen atoms in total. The van der Waals surface area contributed by atoms with Crippen LogP contribution < -0.4 is 0 Å². The molecule has 17 heavy (non-hydrogen) atoms. The van der Waals surface area contributed by atoms with Crippen molar-refractivity contribution in [1.82, 2.24) is 9.80 Å². The fourth-order valence-electron chi connectivity index (χ4n) is 2.31. The molecule has 0 aromatic heterocycles. The van der Waals surface area contributed by atoms with Crippen molar-refractivity contribution in [2.75, 3.05) is 33.7 Å². The molecule has 1 N–H and O–H groups in total. The van der Waals surface area contributed by atoms with Gasteiger partial charge in [0.2, 0.25) is 5.91 Å². The average Bonchev–Trinajstić information content (AvgIpc) is 2.28. The first-order valence-corrected chi connectivity index (χ1v) is 6.07. The minimum Gasteiger partial charge on any atom is -0.481 e. The molecule has 0 spiro atoms. The van der Waals surface area contributed by atoms with Crippen molar-refractivity contribution < 1.29 is 14.7 Å². The van der Waals surface area contributed by atoms with E-state index in [9.17, 15) is 14.7 Å². The number of carboxylic acids is 1. The highest BCUT2D eigenvalue weighted by molar-refractivity contribution is 5.78. The van der Waals surface area contributed by atoms with E-state index in [0.717, 1.165) is 13.0 Å². The molecule has 0 aromatic carbocycles. The molecule has 1 rings (SSSR count). The van der Waals surface area contributed by atoms with E-state index in [1.807, 2.05) is 11.8 Å². The summed E-state index contributed by atoms with van der Waals surface area (Å²) in [5.74, 6) is -0.704. The first-order valence-electron chi connectivity index (χ1n) is 6.07. The summed E-state index contributed by atoms with van der Waals surface area (Å²) in [7, 11) is 3.44. The molecule has 1 heterocycles. The molecule has 1 amide bonds. The number of likely N-dealkylation sites (N-methyl/N-ethyl adjacent to an activating group) is 1. The van der Waals surface area contributed by atoms with Gasteiger partial charge in [0.1, 0.15) is 0 Å². The largest absolute Gasteiger partial charge is 0.481 e. The Morgan fingerprint density at radius 3 is 2.53 bits per heavy atom. The number of amides is 1. The highest BCUT2D eigenvalue weighted by atomic mass is 16.4. The summed E-state index contributed by atoms with van der Waals surface area (Å²) in [5, 5.41) is 9.33. The molecule has 98 valence electrons. The van der Waals surface area contributed by atoms with E-state index < -0.39 is 11.4 Å². The Balaban J connectivity index is 2.66.